The SMILES string of the molecule is c1ccc(-n2c3ccccc3c3c4cccc5c4n(c32)-c2cc(-n3c4ccccc4c4ccc6ccccc6c43)ccc2S5)cc1. The lowest BCUT2D eigenvalue weighted by Crippen LogP contribution is -2.07. The molecule has 0 amide bonds. The van der Waals surface area contributed by atoms with Crippen LogP contribution in [0.5, 0.6) is 0 Å². The summed E-state index contributed by atoms with van der Waals surface area (Å²) in [5.74, 6) is 0. The van der Waals surface area contributed by atoms with Crippen molar-refractivity contribution in [3.05, 3.63) is 152 Å². The Morgan fingerprint density at radius 3 is 1.98 bits per heavy atom. The fourth-order valence-electron chi connectivity index (χ4n) is 7.94. The zero-order chi connectivity index (χ0) is 29.9. The molecule has 0 radical (unpaired) electrons. The summed E-state index contributed by atoms with van der Waals surface area (Å²) in [7, 11) is 0. The Balaban J connectivity index is 1.30. The zero-order valence-electron chi connectivity index (χ0n) is 24.7. The van der Waals surface area contributed by atoms with Crippen molar-refractivity contribution in [1.82, 2.24) is 13.7 Å². The molecule has 1 aliphatic heterocycles. The molecular formula is C42H25N3S. The van der Waals surface area contributed by atoms with E-state index in [-0.39, 0.29) is 0 Å². The van der Waals surface area contributed by atoms with E-state index in [9.17, 15) is 0 Å². The summed E-state index contributed by atoms with van der Waals surface area (Å²) in [6.45, 7) is 0. The van der Waals surface area contributed by atoms with Gasteiger partial charge in [-0.3, -0.25) is 9.13 Å². The standard InChI is InChI=1S/C42H25N3S/c1-2-12-27(13-3-1)44-35-19-9-7-16-32(35)39-33-17-10-20-38-41(33)45(42(39)44)36-25-28(22-24-37(36)46-38)43-34-18-8-6-15-30(34)31-23-21-26-11-4-5-14-29(26)40(31)43/h1-25H. The molecule has 4 heteroatoms. The van der Waals surface area contributed by atoms with Crippen molar-refractivity contribution in [3.8, 4) is 17.1 Å². The summed E-state index contributed by atoms with van der Waals surface area (Å²) in [5, 5.41) is 8.95. The number of aromatic nitrogens is 3. The molecule has 0 N–H and O–H groups in total. The smallest absolute Gasteiger partial charge is 0.131 e. The van der Waals surface area contributed by atoms with Crippen molar-refractivity contribution in [1.29, 1.82) is 0 Å². The summed E-state index contributed by atoms with van der Waals surface area (Å²) in [6.07, 6.45) is 0. The van der Waals surface area contributed by atoms with E-state index in [0.29, 0.717) is 0 Å². The number of hydrogen-bond donors (Lipinski definition) is 0. The highest BCUT2D eigenvalue weighted by molar-refractivity contribution is 7.99. The topological polar surface area (TPSA) is 14.8 Å². The molecular weight excluding hydrogens is 579 g/mol. The lowest BCUT2D eigenvalue weighted by molar-refractivity contribution is 1.02. The van der Waals surface area contributed by atoms with Gasteiger partial charge in [0, 0.05) is 53.5 Å². The molecule has 3 nitrogen and oxygen atoms in total. The molecule has 4 heterocycles. The molecule has 3 aromatic heterocycles. The third kappa shape index (κ3) is 3.09. The van der Waals surface area contributed by atoms with Crippen molar-refractivity contribution in [2.24, 2.45) is 0 Å². The second-order valence-corrected chi connectivity index (χ2v) is 13.2. The van der Waals surface area contributed by atoms with Gasteiger partial charge < -0.3 is 4.57 Å². The van der Waals surface area contributed by atoms with Crippen LogP contribution >= 0.6 is 11.8 Å². The minimum absolute atomic E-state index is 1.17. The van der Waals surface area contributed by atoms with Gasteiger partial charge in [-0.15, -0.1) is 0 Å². The molecule has 0 spiro atoms. The Kier molecular flexibility index (Phi) is 4.78. The molecule has 0 unspecified atom stereocenters. The van der Waals surface area contributed by atoms with Crippen LogP contribution in [0.4, 0.5) is 0 Å². The second kappa shape index (κ2) is 8.94. The van der Waals surface area contributed by atoms with Crippen molar-refractivity contribution in [2.45, 2.75) is 9.79 Å². The zero-order valence-corrected chi connectivity index (χ0v) is 25.5. The Morgan fingerprint density at radius 1 is 0.391 bits per heavy atom. The van der Waals surface area contributed by atoms with Gasteiger partial charge in [0.2, 0.25) is 0 Å². The molecule has 0 saturated heterocycles. The van der Waals surface area contributed by atoms with Gasteiger partial charge in [0.15, 0.2) is 0 Å². The molecule has 46 heavy (non-hydrogen) atoms. The fraction of sp³-hybridized carbons (Fsp3) is 0. The first-order valence-corrected chi connectivity index (χ1v) is 16.5. The summed E-state index contributed by atoms with van der Waals surface area (Å²) in [6, 6.07) is 55.6. The summed E-state index contributed by atoms with van der Waals surface area (Å²) < 4.78 is 7.46. The number of hydrogen-bond acceptors (Lipinski definition) is 1. The van der Waals surface area contributed by atoms with E-state index in [1.807, 2.05) is 11.8 Å². The second-order valence-electron chi connectivity index (χ2n) is 12.2. The summed E-state index contributed by atoms with van der Waals surface area (Å²) in [5.41, 5.74) is 9.74. The Hall–Kier alpha value is -5.71. The van der Waals surface area contributed by atoms with Gasteiger partial charge in [0.05, 0.1) is 27.8 Å². The van der Waals surface area contributed by atoms with Gasteiger partial charge in [0.25, 0.3) is 0 Å². The summed E-state index contributed by atoms with van der Waals surface area (Å²) in [4.78, 5) is 2.55. The minimum atomic E-state index is 1.17. The van der Waals surface area contributed by atoms with E-state index in [4.69, 9.17) is 0 Å². The van der Waals surface area contributed by atoms with E-state index in [2.05, 4.69) is 165 Å². The maximum absolute atomic E-state index is 2.54. The van der Waals surface area contributed by atoms with Crippen molar-refractivity contribution < 1.29 is 0 Å². The highest BCUT2D eigenvalue weighted by Gasteiger charge is 2.28. The maximum Gasteiger partial charge on any atom is 0.131 e. The molecule has 0 aliphatic carbocycles. The van der Waals surface area contributed by atoms with Gasteiger partial charge in [0.1, 0.15) is 5.65 Å². The lowest BCUT2D eigenvalue weighted by Gasteiger charge is -2.22. The van der Waals surface area contributed by atoms with Gasteiger partial charge in [-0.25, -0.2) is 0 Å². The molecule has 0 saturated carbocycles. The van der Waals surface area contributed by atoms with Crippen molar-refractivity contribution in [3.63, 3.8) is 0 Å². The van der Waals surface area contributed by atoms with Crippen LogP contribution in [0.1, 0.15) is 0 Å². The van der Waals surface area contributed by atoms with E-state index in [0.717, 1.165) is 0 Å². The van der Waals surface area contributed by atoms with Crippen LogP contribution in [0, 0.1) is 0 Å². The highest BCUT2D eigenvalue weighted by atomic mass is 32.2. The monoisotopic (exact) mass is 603 g/mol. The van der Waals surface area contributed by atoms with Gasteiger partial charge in [-0.1, -0.05) is 115 Å². The molecule has 11 rings (SSSR count). The number of fused-ring (bicyclic) bond motifs is 12. The minimum Gasteiger partial charge on any atom is -0.309 e. The van der Waals surface area contributed by atoms with Crippen molar-refractivity contribution in [2.75, 3.05) is 0 Å². The van der Waals surface area contributed by atoms with Crippen molar-refractivity contribution >= 4 is 77.2 Å². The molecule has 0 fully saturated rings. The van der Waals surface area contributed by atoms with Crippen LogP contribution in [0.15, 0.2) is 161 Å². The number of para-hydroxylation sites is 4. The lowest BCUT2D eigenvalue weighted by atomic mass is 10.1. The van der Waals surface area contributed by atoms with Crippen LogP contribution in [-0.4, -0.2) is 13.7 Å². The van der Waals surface area contributed by atoms with Gasteiger partial charge in [-0.2, -0.15) is 0 Å². The molecule has 0 atom stereocenters. The molecule has 214 valence electrons. The third-order valence-corrected chi connectivity index (χ3v) is 10.9. The largest absolute Gasteiger partial charge is 0.309 e. The fourth-order valence-corrected chi connectivity index (χ4v) is 9.01. The molecule has 0 bridgehead atoms. The Labute approximate surface area is 268 Å². The normalized spacial score (nSPS) is 12.7. The quantitative estimate of drug-likeness (QED) is 0.192. The van der Waals surface area contributed by atoms with Crippen LogP contribution in [0.2, 0.25) is 0 Å². The Bertz CT molecular complexity index is 2890. The van der Waals surface area contributed by atoms with E-state index >= 15 is 0 Å². The van der Waals surface area contributed by atoms with Crippen LogP contribution < -0.4 is 0 Å². The molecule has 1 aliphatic rings. The maximum atomic E-state index is 2.54. The predicted octanol–water partition coefficient (Wildman–Crippen LogP) is 11.4. The average molecular weight is 604 g/mol. The van der Waals surface area contributed by atoms with Gasteiger partial charge in [-0.05, 0) is 53.9 Å². The van der Waals surface area contributed by atoms with Gasteiger partial charge >= 0.3 is 0 Å². The first kappa shape index (κ1) is 24.6. The predicted molar refractivity (Wildman–Crippen MR) is 194 cm³/mol. The summed E-state index contributed by atoms with van der Waals surface area (Å²) >= 11 is 1.88. The highest BCUT2D eigenvalue weighted by Crippen LogP contribution is 2.50. The van der Waals surface area contributed by atoms with Crippen LogP contribution in [-0.2, 0) is 0 Å². The molecule has 7 aromatic carbocycles. The third-order valence-electron chi connectivity index (χ3n) is 9.79. The van der Waals surface area contributed by atoms with E-state index in [1.165, 1.54) is 92.3 Å². The Morgan fingerprint density at radius 2 is 1.11 bits per heavy atom. The van der Waals surface area contributed by atoms with Crippen LogP contribution in [0.25, 0.3) is 82.5 Å². The number of rotatable bonds is 2. The first-order chi connectivity index (χ1) is 22.8. The average Bonchev–Trinajstić information content (AvgIpc) is 3.76. The van der Waals surface area contributed by atoms with E-state index in [1.54, 1.807) is 0 Å². The number of benzene rings is 7. The van der Waals surface area contributed by atoms with E-state index < -0.39 is 0 Å². The number of nitrogens with zero attached hydrogens (tertiary/aromatic N) is 3. The molecule has 10 aromatic rings. The van der Waals surface area contributed by atoms with Crippen LogP contribution in [0.3, 0.4) is 0 Å². The first-order valence-electron chi connectivity index (χ1n) is 15.7.